The van der Waals surface area contributed by atoms with Crippen molar-refractivity contribution in [2.75, 3.05) is 19.4 Å². The van der Waals surface area contributed by atoms with Gasteiger partial charge in [-0.15, -0.1) is 0 Å². The number of benzene rings is 1. The second kappa shape index (κ2) is 6.97. The predicted octanol–water partition coefficient (Wildman–Crippen LogP) is 1.31. The maximum absolute atomic E-state index is 12.1. The molecule has 21 heavy (non-hydrogen) atoms. The van der Waals surface area contributed by atoms with E-state index in [4.69, 9.17) is 10.5 Å². The molecule has 6 nitrogen and oxygen atoms in total. The molecule has 1 aromatic carbocycles. The number of carbonyl (C=O) groups excluding carboxylic acids is 2. The second-order valence-corrected chi connectivity index (χ2v) is 5.76. The normalized spacial score (nSPS) is 10.9. The topological polar surface area (TPSA) is 93.4 Å². The van der Waals surface area contributed by atoms with Gasteiger partial charge in [0.25, 0.3) is 5.91 Å². The van der Waals surface area contributed by atoms with E-state index < -0.39 is 0 Å². The average molecular weight is 293 g/mol. The van der Waals surface area contributed by atoms with Crippen molar-refractivity contribution in [1.29, 1.82) is 0 Å². The number of nitrogens with two attached hydrogens (primary N) is 1. The van der Waals surface area contributed by atoms with Crippen LogP contribution in [0.2, 0.25) is 0 Å². The molecule has 116 valence electrons. The first-order valence-electron chi connectivity index (χ1n) is 6.75. The first-order chi connectivity index (χ1) is 9.73. The lowest BCUT2D eigenvalue weighted by molar-refractivity contribution is -0.122. The van der Waals surface area contributed by atoms with Crippen LogP contribution >= 0.6 is 0 Å². The number of nitrogens with one attached hydrogen (secondary N) is 2. The number of nitrogen functional groups attached to an aromatic ring is 1. The van der Waals surface area contributed by atoms with E-state index in [0.29, 0.717) is 17.0 Å². The van der Waals surface area contributed by atoms with Crippen LogP contribution in [0.15, 0.2) is 18.2 Å². The zero-order valence-corrected chi connectivity index (χ0v) is 12.9. The predicted molar refractivity (Wildman–Crippen MR) is 82.3 cm³/mol. The fraction of sp³-hybridized carbons (Fsp3) is 0.467. The Hall–Kier alpha value is -2.24. The molecule has 4 N–H and O–H groups in total. The van der Waals surface area contributed by atoms with E-state index >= 15 is 0 Å². The number of hydrogen-bond donors (Lipinski definition) is 3. The van der Waals surface area contributed by atoms with Crippen LogP contribution in [0.3, 0.4) is 0 Å². The summed E-state index contributed by atoms with van der Waals surface area (Å²) in [6.45, 7) is 5.96. The summed E-state index contributed by atoms with van der Waals surface area (Å²) < 4.78 is 5.12. The van der Waals surface area contributed by atoms with Gasteiger partial charge in [-0.05, 0) is 39.0 Å². The maximum Gasteiger partial charge on any atom is 0.255 e. The minimum atomic E-state index is -0.317. The molecule has 0 atom stereocenters. The van der Waals surface area contributed by atoms with Crippen LogP contribution in [-0.4, -0.2) is 31.0 Å². The summed E-state index contributed by atoms with van der Waals surface area (Å²) in [7, 11) is 1.49. The molecular formula is C15H23N3O3. The Morgan fingerprint density at radius 3 is 2.52 bits per heavy atom. The van der Waals surface area contributed by atoms with Gasteiger partial charge < -0.3 is 21.1 Å². The third kappa shape index (κ3) is 5.72. The summed E-state index contributed by atoms with van der Waals surface area (Å²) in [6.07, 6.45) is 0.216. The Balaban J connectivity index is 2.55. The highest BCUT2D eigenvalue weighted by Crippen LogP contribution is 2.20. The summed E-state index contributed by atoms with van der Waals surface area (Å²) in [5.74, 6) is 0.0193. The Kier molecular flexibility index (Phi) is 5.58. The van der Waals surface area contributed by atoms with Gasteiger partial charge in [0.2, 0.25) is 5.91 Å². The number of anilines is 1. The highest BCUT2D eigenvalue weighted by Gasteiger charge is 2.15. The largest absolute Gasteiger partial charge is 0.496 e. The number of ether oxygens (including phenoxy) is 1. The molecule has 0 unspecified atom stereocenters. The molecule has 0 aliphatic carbocycles. The molecule has 0 bridgehead atoms. The Morgan fingerprint density at radius 1 is 1.29 bits per heavy atom. The van der Waals surface area contributed by atoms with E-state index in [2.05, 4.69) is 10.6 Å². The first kappa shape index (κ1) is 16.8. The lowest BCUT2D eigenvalue weighted by atomic mass is 10.1. The minimum absolute atomic E-state index is 0.109. The van der Waals surface area contributed by atoms with Gasteiger partial charge in [-0.1, -0.05) is 0 Å². The minimum Gasteiger partial charge on any atom is -0.496 e. The number of methoxy groups -OCH3 is 1. The highest BCUT2D eigenvalue weighted by atomic mass is 16.5. The highest BCUT2D eigenvalue weighted by molar-refractivity contribution is 5.98. The van der Waals surface area contributed by atoms with Crippen molar-refractivity contribution >= 4 is 17.5 Å². The van der Waals surface area contributed by atoms with E-state index in [1.54, 1.807) is 18.2 Å². The van der Waals surface area contributed by atoms with Gasteiger partial charge in [-0.25, -0.2) is 0 Å². The van der Waals surface area contributed by atoms with Crippen LogP contribution in [0.1, 0.15) is 37.6 Å². The van der Waals surface area contributed by atoms with Gasteiger partial charge in [-0.3, -0.25) is 9.59 Å². The SMILES string of the molecule is COc1ccc(N)cc1C(=O)NCCC(=O)NC(C)(C)C. The van der Waals surface area contributed by atoms with Crippen molar-refractivity contribution < 1.29 is 14.3 Å². The van der Waals surface area contributed by atoms with Crippen molar-refractivity contribution in [3.05, 3.63) is 23.8 Å². The zero-order valence-electron chi connectivity index (χ0n) is 12.9. The molecule has 0 heterocycles. The third-order valence-corrected chi connectivity index (χ3v) is 2.62. The molecule has 0 saturated heterocycles. The fourth-order valence-electron chi connectivity index (χ4n) is 1.77. The van der Waals surface area contributed by atoms with Crippen LogP contribution in [0.5, 0.6) is 5.75 Å². The van der Waals surface area contributed by atoms with Crippen molar-refractivity contribution in [3.8, 4) is 5.75 Å². The quantitative estimate of drug-likeness (QED) is 0.714. The summed E-state index contributed by atoms with van der Waals surface area (Å²) in [6, 6.07) is 4.84. The summed E-state index contributed by atoms with van der Waals surface area (Å²) in [4.78, 5) is 23.7. The lowest BCUT2D eigenvalue weighted by Crippen LogP contribution is -2.42. The average Bonchev–Trinajstić information content (AvgIpc) is 2.36. The van der Waals surface area contributed by atoms with Gasteiger partial charge in [0.15, 0.2) is 0 Å². The van der Waals surface area contributed by atoms with E-state index in [-0.39, 0.29) is 30.3 Å². The number of carbonyl (C=O) groups is 2. The van der Waals surface area contributed by atoms with Gasteiger partial charge in [-0.2, -0.15) is 0 Å². The first-order valence-corrected chi connectivity index (χ1v) is 6.75. The third-order valence-electron chi connectivity index (χ3n) is 2.62. The van der Waals surface area contributed by atoms with Crippen LogP contribution in [0.25, 0.3) is 0 Å². The van der Waals surface area contributed by atoms with Crippen LogP contribution in [0.4, 0.5) is 5.69 Å². The molecule has 1 aromatic rings. The Labute approximate surface area is 125 Å². The van der Waals surface area contributed by atoms with E-state index in [1.807, 2.05) is 20.8 Å². The molecule has 2 amide bonds. The molecule has 0 radical (unpaired) electrons. The van der Waals surface area contributed by atoms with Crippen molar-refractivity contribution in [2.24, 2.45) is 0 Å². The maximum atomic E-state index is 12.1. The molecule has 0 aliphatic rings. The van der Waals surface area contributed by atoms with Gasteiger partial charge in [0, 0.05) is 24.2 Å². The zero-order chi connectivity index (χ0) is 16.0. The number of hydrogen-bond acceptors (Lipinski definition) is 4. The standard InChI is InChI=1S/C15H23N3O3/c1-15(2,3)18-13(19)7-8-17-14(20)11-9-10(16)5-6-12(11)21-4/h5-6,9H,7-8,16H2,1-4H3,(H,17,20)(H,18,19). The van der Waals surface area contributed by atoms with Crippen molar-refractivity contribution in [3.63, 3.8) is 0 Å². The van der Waals surface area contributed by atoms with E-state index in [9.17, 15) is 9.59 Å². The van der Waals surface area contributed by atoms with E-state index in [0.717, 1.165) is 0 Å². The van der Waals surface area contributed by atoms with Crippen molar-refractivity contribution in [1.82, 2.24) is 10.6 Å². The Morgan fingerprint density at radius 2 is 1.95 bits per heavy atom. The molecule has 6 heteroatoms. The second-order valence-electron chi connectivity index (χ2n) is 5.76. The number of amides is 2. The van der Waals surface area contributed by atoms with Crippen LogP contribution < -0.4 is 21.1 Å². The van der Waals surface area contributed by atoms with Gasteiger partial charge >= 0.3 is 0 Å². The molecule has 0 saturated carbocycles. The molecule has 0 fully saturated rings. The van der Waals surface area contributed by atoms with Gasteiger partial charge in [0.1, 0.15) is 5.75 Å². The molecule has 0 spiro atoms. The summed E-state index contributed by atoms with van der Waals surface area (Å²) >= 11 is 0. The summed E-state index contributed by atoms with van der Waals surface area (Å²) in [5.41, 5.74) is 6.22. The molecular weight excluding hydrogens is 270 g/mol. The lowest BCUT2D eigenvalue weighted by Gasteiger charge is -2.20. The molecule has 0 aromatic heterocycles. The Bertz CT molecular complexity index is 521. The monoisotopic (exact) mass is 293 g/mol. The molecule has 0 aliphatic heterocycles. The number of rotatable bonds is 5. The van der Waals surface area contributed by atoms with Crippen LogP contribution in [0, 0.1) is 0 Å². The molecule has 1 rings (SSSR count). The van der Waals surface area contributed by atoms with Gasteiger partial charge in [0.05, 0.1) is 12.7 Å². The smallest absolute Gasteiger partial charge is 0.255 e. The van der Waals surface area contributed by atoms with E-state index in [1.165, 1.54) is 7.11 Å². The van der Waals surface area contributed by atoms with Crippen molar-refractivity contribution in [2.45, 2.75) is 32.7 Å². The fourth-order valence-corrected chi connectivity index (χ4v) is 1.77. The van der Waals surface area contributed by atoms with Crippen LogP contribution in [-0.2, 0) is 4.79 Å². The summed E-state index contributed by atoms with van der Waals surface area (Å²) in [5, 5.41) is 5.51.